The molecule has 0 bridgehead atoms. The fourth-order valence-corrected chi connectivity index (χ4v) is 3.51. The van der Waals surface area contributed by atoms with Gasteiger partial charge in [0.2, 0.25) is 10.0 Å². The SMILES string of the molecule is Cc1ccc(S(=O)(=O)NC(CC(=O)O)C(=O)O)c2cccnc12. The van der Waals surface area contributed by atoms with Crippen LogP contribution in [-0.4, -0.2) is 41.6 Å². The van der Waals surface area contributed by atoms with Crippen LogP contribution in [0.4, 0.5) is 0 Å². The molecule has 1 heterocycles. The molecule has 2 aromatic rings. The molecule has 0 aliphatic rings. The van der Waals surface area contributed by atoms with Crippen molar-refractivity contribution in [3.63, 3.8) is 0 Å². The van der Waals surface area contributed by atoms with Gasteiger partial charge in [0.05, 0.1) is 16.8 Å². The molecule has 0 amide bonds. The minimum Gasteiger partial charge on any atom is -0.481 e. The normalized spacial score (nSPS) is 12.9. The lowest BCUT2D eigenvalue weighted by atomic mass is 10.1. The van der Waals surface area contributed by atoms with Gasteiger partial charge in [0.25, 0.3) is 0 Å². The Morgan fingerprint density at radius 1 is 1.26 bits per heavy atom. The number of aliphatic carboxylic acids is 2. The topological polar surface area (TPSA) is 134 Å². The molecule has 8 nitrogen and oxygen atoms in total. The van der Waals surface area contributed by atoms with Crippen LogP contribution in [0.1, 0.15) is 12.0 Å². The van der Waals surface area contributed by atoms with Crippen molar-refractivity contribution >= 4 is 32.9 Å². The molecule has 122 valence electrons. The summed E-state index contributed by atoms with van der Waals surface area (Å²) in [5.41, 5.74) is 1.24. The van der Waals surface area contributed by atoms with Gasteiger partial charge in [0.1, 0.15) is 6.04 Å². The molecule has 0 saturated heterocycles. The van der Waals surface area contributed by atoms with E-state index < -0.39 is 34.4 Å². The zero-order valence-corrected chi connectivity index (χ0v) is 12.9. The van der Waals surface area contributed by atoms with Crippen LogP contribution >= 0.6 is 0 Å². The first-order valence-corrected chi connectivity index (χ1v) is 8.02. The number of sulfonamides is 1. The number of benzene rings is 1. The number of hydrogen-bond acceptors (Lipinski definition) is 5. The van der Waals surface area contributed by atoms with E-state index in [1.807, 2.05) is 4.72 Å². The van der Waals surface area contributed by atoms with Crippen LogP contribution < -0.4 is 4.72 Å². The van der Waals surface area contributed by atoms with Crippen LogP contribution in [-0.2, 0) is 19.6 Å². The van der Waals surface area contributed by atoms with E-state index in [4.69, 9.17) is 10.2 Å². The van der Waals surface area contributed by atoms with Gasteiger partial charge in [0, 0.05) is 11.6 Å². The molecular formula is C14H14N2O6S. The standard InChI is InChI=1S/C14H14N2O6S/c1-8-4-5-11(9-3-2-6-15-13(8)9)23(21,22)16-10(14(19)20)7-12(17)18/h2-6,10,16H,7H2,1H3,(H,17,18)(H,19,20). The number of fused-ring (bicyclic) bond motifs is 1. The molecule has 0 saturated carbocycles. The van der Waals surface area contributed by atoms with E-state index in [1.54, 1.807) is 25.1 Å². The molecule has 23 heavy (non-hydrogen) atoms. The first-order chi connectivity index (χ1) is 10.7. The minimum absolute atomic E-state index is 0.150. The van der Waals surface area contributed by atoms with Crippen LogP contribution in [0.15, 0.2) is 35.4 Å². The van der Waals surface area contributed by atoms with E-state index in [1.165, 1.54) is 12.3 Å². The number of nitrogens with one attached hydrogen (secondary N) is 1. The van der Waals surface area contributed by atoms with Gasteiger partial charge in [-0.1, -0.05) is 6.07 Å². The van der Waals surface area contributed by atoms with Crippen molar-refractivity contribution in [1.82, 2.24) is 9.71 Å². The molecule has 1 aromatic heterocycles. The molecule has 0 spiro atoms. The van der Waals surface area contributed by atoms with E-state index in [0.717, 1.165) is 5.56 Å². The third-order valence-electron chi connectivity index (χ3n) is 3.20. The Morgan fingerprint density at radius 2 is 1.96 bits per heavy atom. The van der Waals surface area contributed by atoms with Gasteiger partial charge in [-0.2, -0.15) is 4.72 Å². The molecule has 0 aliphatic carbocycles. The Balaban J connectivity index is 2.50. The molecule has 2 rings (SSSR count). The van der Waals surface area contributed by atoms with Gasteiger partial charge in [-0.05, 0) is 30.7 Å². The number of hydrogen-bond donors (Lipinski definition) is 3. The van der Waals surface area contributed by atoms with E-state index in [9.17, 15) is 18.0 Å². The predicted molar refractivity (Wildman–Crippen MR) is 80.5 cm³/mol. The van der Waals surface area contributed by atoms with Gasteiger partial charge in [0.15, 0.2) is 0 Å². The summed E-state index contributed by atoms with van der Waals surface area (Å²) in [5.74, 6) is -2.99. The lowest BCUT2D eigenvalue weighted by molar-refractivity contribution is -0.145. The Labute approximate surface area is 131 Å². The number of pyridine rings is 1. The summed E-state index contributed by atoms with van der Waals surface area (Å²) in [6, 6.07) is 4.24. The Hall–Kier alpha value is -2.52. The largest absolute Gasteiger partial charge is 0.481 e. The summed E-state index contributed by atoms with van der Waals surface area (Å²) >= 11 is 0. The molecule has 0 aliphatic heterocycles. The van der Waals surface area contributed by atoms with Crippen LogP contribution in [0.25, 0.3) is 10.9 Å². The average Bonchev–Trinajstić information content (AvgIpc) is 2.46. The molecular weight excluding hydrogens is 324 g/mol. The van der Waals surface area contributed by atoms with E-state index in [0.29, 0.717) is 10.9 Å². The number of carbonyl (C=O) groups is 2. The van der Waals surface area contributed by atoms with Gasteiger partial charge in [-0.25, -0.2) is 8.42 Å². The summed E-state index contributed by atoms with van der Waals surface area (Å²) < 4.78 is 26.8. The lowest BCUT2D eigenvalue weighted by Gasteiger charge is -2.14. The molecule has 1 aromatic carbocycles. The first kappa shape index (κ1) is 16.8. The fraction of sp³-hybridized carbons (Fsp3) is 0.214. The molecule has 1 unspecified atom stereocenters. The van der Waals surface area contributed by atoms with Crippen LogP contribution in [0.2, 0.25) is 0 Å². The fourth-order valence-electron chi connectivity index (χ4n) is 2.13. The predicted octanol–water partition coefficient (Wildman–Crippen LogP) is 0.749. The smallest absolute Gasteiger partial charge is 0.322 e. The molecule has 3 N–H and O–H groups in total. The zero-order valence-electron chi connectivity index (χ0n) is 12.1. The number of aromatic nitrogens is 1. The lowest BCUT2D eigenvalue weighted by Crippen LogP contribution is -2.42. The second-order valence-electron chi connectivity index (χ2n) is 4.89. The van der Waals surface area contributed by atoms with Gasteiger partial charge in [-0.3, -0.25) is 14.6 Å². The summed E-state index contributed by atoms with van der Waals surface area (Å²) in [6.45, 7) is 1.77. The summed E-state index contributed by atoms with van der Waals surface area (Å²) in [7, 11) is -4.23. The van der Waals surface area contributed by atoms with Gasteiger partial charge < -0.3 is 10.2 Å². The highest BCUT2D eigenvalue weighted by Gasteiger charge is 2.28. The second-order valence-corrected chi connectivity index (χ2v) is 6.57. The van der Waals surface area contributed by atoms with E-state index in [-0.39, 0.29) is 4.90 Å². The molecule has 1 atom stereocenters. The average molecular weight is 338 g/mol. The highest BCUT2D eigenvalue weighted by molar-refractivity contribution is 7.89. The van der Waals surface area contributed by atoms with Crippen LogP contribution in [0.5, 0.6) is 0 Å². The zero-order chi connectivity index (χ0) is 17.2. The first-order valence-electron chi connectivity index (χ1n) is 6.53. The van der Waals surface area contributed by atoms with Crippen LogP contribution in [0.3, 0.4) is 0 Å². The molecule has 0 radical (unpaired) electrons. The van der Waals surface area contributed by atoms with Crippen LogP contribution in [0, 0.1) is 6.92 Å². The Bertz CT molecular complexity index is 878. The van der Waals surface area contributed by atoms with Crippen molar-refractivity contribution in [2.24, 2.45) is 0 Å². The third-order valence-corrected chi connectivity index (χ3v) is 4.73. The summed E-state index contributed by atoms with van der Waals surface area (Å²) in [6.07, 6.45) is 0.653. The third kappa shape index (κ3) is 3.63. The van der Waals surface area contributed by atoms with Gasteiger partial charge in [-0.15, -0.1) is 0 Å². The van der Waals surface area contributed by atoms with Crippen molar-refractivity contribution in [2.75, 3.05) is 0 Å². The number of aryl methyl sites for hydroxylation is 1. The monoisotopic (exact) mass is 338 g/mol. The number of nitrogens with zero attached hydrogens (tertiary/aromatic N) is 1. The van der Waals surface area contributed by atoms with Gasteiger partial charge >= 0.3 is 11.9 Å². The highest BCUT2D eigenvalue weighted by atomic mass is 32.2. The maximum atomic E-state index is 12.5. The minimum atomic E-state index is -4.23. The molecule has 0 fully saturated rings. The maximum absolute atomic E-state index is 12.5. The van der Waals surface area contributed by atoms with Crippen molar-refractivity contribution in [2.45, 2.75) is 24.3 Å². The van der Waals surface area contributed by atoms with Crippen molar-refractivity contribution in [1.29, 1.82) is 0 Å². The number of carboxylic acid groups (broad SMARTS) is 2. The second kappa shape index (κ2) is 6.31. The number of rotatable bonds is 6. The number of carboxylic acids is 2. The van der Waals surface area contributed by atoms with Crippen molar-refractivity contribution in [3.8, 4) is 0 Å². The highest BCUT2D eigenvalue weighted by Crippen LogP contribution is 2.24. The summed E-state index contributed by atoms with van der Waals surface area (Å²) in [4.78, 5) is 25.7. The van der Waals surface area contributed by atoms with E-state index >= 15 is 0 Å². The maximum Gasteiger partial charge on any atom is 0.322 e. The van der Waals surface area contributed by atoms with Crippen molar-refractivity contribution in [3.05, 3.63) is 36.0 Å². The Kier molecular flexibility index (Phi) is 4.62. The Morgan fingerprint density at radius 3 is 2.57 bits per heavy atom. The quantitative estimate of drug-likeness (QED) is 0.707. The van der Waals surface area contributed by atoms with Crippen molar-refractivity contribution < 1.29 is 28.2 Å². The molecule has 9 heteroatoms. The summed E-state index contributed by atoms with van der Waals surface area (Å²) in [5, 5.41) is 18.0. The van der Waals surface area contributed by atoms with E-state index in [2.05, 4.69) is 4.98 Å².